The van der Waals surface area contributed by atoms with E-state index in [0.29, 0.717) is 19.4 Å². The third-order valence-corrected chi connectivity index (χ3v) is 16.7. The maximum Gasteiger partial charge on any atom is 0.305 e. The van der Waals surface area contributed by atoms with E-state index in [1.807, 2.05) is 6.08 Å². The number of unbranched alkanes of at least 4 members (excludes halogenated alkanes) is 54. The fraction of sp³-hybridized carbons (Fsp3) is 0.917. The van der Waals surface area contributed by atoms with E-state index in [1.54, 1.807) is 6.08 Å². The third kappa shape index (κ3) is 63.5. The second-order valence-electron chi connectivity index (χ2n) is 24.6. The number of hydrogen-bond donors (Lipinski definition) is 3. The van der Waals surface area contributed by atoms with Crippen LogP contribution in [0.25, 0.3) is 0 Å². The lowest BCUT2D eigenvalue weighted by Crippen LogP contribution is -2.45. The van der Waals surface area contributed by atoms with Crippen LogP contribution in [-0.4, -0.2) is 47.4 Å². The van der Waals surface area contributed by atoms with Crippen LogP contribution in [0.1, 0.15) is 399 Å². The zero-order chi connectivity index (χ0) is 56.4. The number of aliphatic hydroxyl groups is 2. The highest BCUT2D eigenvalue weighted by Crippen LogP contribution is 2.19. The summed E-state index contributed by atoms with van der Waals surface area (Å²) < 4.78 is 5.51. The minimum Gasteiger partial charge on any atom is -0.466 e. The fourth-order valence-corrected chi connectivity index (χ4v) is 11.3. The van der Waals surface area contributed by atoms with E-state index in [9.17, 15) is 19.8 Å². The number of ether oxygens (including phenoxy) is 1. The Labute approximate surface area is 488 Å². The van der Waals surface area contributed by atoms with Crippen molar-refractivity contribution in [2.24, 2.45) is 0 Å². The number of amides is 1. The van der Waals surface area contributed by atoms with Gasteiger partial charge in [0.1, 0.15) is 0 Å². The number of allylic oxidation sites excluding steroid dienone is 3. The summed E-state index contributed by atoms with van der Waals surface area (Å²) in [7, 11) is 0. The number of rotatable bonds is 67. The number of hydrogen-bond acceptors (Lipinski definition) is 5. The molecule has 0 spiro atoms. The summed E-state index contributed by atoms with van der Waals surface area (Å²) in [5, 5.41) is 23.3. The first-order valence-electron chi connectivity index (χ1n) is 35.6. The van der Waals surface area contributed by atoms with Gasteiger partial charge in [-0.3, -0.25) is 9.59 Å². The summed E-state index contributed by atoms with van der Waals surface area (Å²) in [6, 6.07) is -0.632. The quantitative estimate of drug-likeness (QED) is 0.0320. The molecule has 1 amide bonds. The van der Waals surface area contributed by atoms with Crippen LogP contribution in [0, 0.1) is 0 Å². The summed E-state index contributed by atoms with van der Waals surface area (Å²) in [6.07, 6.45) is 85.3. The molecule has 2 atom stereocenters. The first kappa shape index (κ1) is 76.3. The molecule has 0 aliphatic carbocycles. The monoisotopic (exact) mass is 1100 g/mol. The van der Waals surface area contributed by atoms with Gasteiger partial charge in [-0.25, -0.2) is 0 Å². The number of carbonyl (C=O) groups excluding carboxylic acids is 2. The van der Waals surface area contributed by atoms with E-state index in [0.717, 1.165) is 44.9 Å². The summed E-state index contributed by atoms with van der Waals surface area (Å²) in [6.45, 7) is 4.93. The molecule has 0 rings (SSSR count). The van der Waals surface area contributed by atoms with Gasteiger partial charge in [0.2, 0.25) is 5.91 Å². The van der Waals surface area contributed by atoms with Gasteiger partial charge in [0.15, 0.2) is 0 Å². The fourth-order valence-electron chi connectivity index (χ4n) is 11.3. The first-order valence-corrected chi connectivity index (χ1v) is 35.6. The van der Waals surface area contributed by atoms with Crippen molar-refractivity contribution >= 4 is 11.9 Å². The van der Waals surface area contributed by atoms with Crippen molar-refractivity contribution in [3.05, 3.63) is 24.3 Å². The van der Waals surface area contributed by atoms with Crippen molar-refractivity contribution in [1.82, 2.24) is 5.32 Å². The van der Waals surface area contributed by atoms with Crippen LogP contribution in [0.3, 0.4) is 0 Å². The van der Waals surface area contributed by atoms with Gasteiger partial charge in [0.05, 0.1) is 25.4 Å². The molecule has 0 aliphatic rings. The largest absolute Gasteiger partial charge is 0.466 e. The van der Waals surface area contributed by atoms with Gasteiger partial charge in [-0.1, -0.05) is 353 Å². The van der Waals surface area contributed by atoms with E-state index in [1.165, 1.54) is 327 Å². The Bertz CT molecular complexity index is 1220. The molecule has 0 aliphatic heterocycles. The topological polar surface area (TPSA) is 95.9 Å². The maximum atomic E-state index is 12.5. The summed E-state index contributed by atoms with van der Waals surface area (Å²) in [5.74, 6) is -0.0602. The average Bonchev–Trinajstić information content (AvgIpc) is 3.44. The molecule has 462 valence electrons. The molecule has 3 N–H and O–H groups in total. The lowest BCUT2D eigenvalue weighted by Gasteiger charge is -2.20. The van der Waals surface area contributed by atoms with Crippen molar-refractivity contribution in [3.63, 3.8) is 0 Å². The molecular formula is C72H139NO5. The van der Waals surface area contributed by atoms with Gasteiger partial charge in [0, 0.05) is 12.8 Å². The Morgan fingerprint density at radius 2 is 0.603 bits per heavy atom. The minimum absolute atomic E-state index is 0.00724. The second kappa shape index (κ2) is 67.8. The predicted molar refractivity (Wildman–Crippen MR) is 343 cm³/mol. The smallest absolute Gasteiger partial charge is 0.305 e. The predicted octanol–water partition coefficient (Wildman–Crippen LogP) is 22.9. The van der Waals surface area contributed by atoms with Crippen LogP contribution in [0.15, 0.2) is 24.3 Å². The van der Waals surface area contributed by atoms with Gasteiger partial charge in [0.25, 0.3) is 0 Å². The Morgan fingerprint density at radius 3 is 0.910 bits per heavy atom. The van der Waals surface area contributed by atoms with Crippen molar-refractivity contribution in [2.75, 3.05) is 13.2 Å². The lowest BCUT2D eigenvalue weighted by molar-refractivity contribution is -0.143. The van der Waals surface area contributed by atoms with Crippen LogP contribution in [-0.2, 0) is 14.3 Å². The van der Waals surface area contributed by atoms with Gasteiger partial charge < -0.3 is 20.3 Å². The Hall–Kier alpha value is -1.66. The highest BCUT2D eigenvalue weighted by Gasteiger charge is 2.18. The van der Waals surface area contributed by atoms with Crippen LogP contribution in [0.4, 0.5) is 0 Å². The van der Waals surface area contributed by atoms with Crippen molar-refractivity contribution in [2.45, 2.75) is 411 Å². The SMILES string of the molecule is CCCCCCCC/C=C\CCCCCCCCCCCC(=O)OCCCCCCCCCCCCCCCCCCCCC(=O)NC(CO)C(O)/C=C/CCCCCCCCCCCCCCCCCCCCCCCC. The lowest BCUT2D eigenvalue weighted by atomic mass is 10.0. The number of carbonyl (C=O) groups is 2. The Kier molecular flexibility index (Phi) is 66.4. The molecule has 0 aromatic carbocycles. The molecule has 2 unspecified atom stereocenters. The molecule has 0 aromatic rings. The van der Waals surface area contributed by atoms with Gasteiger partial charge in [-0.2, -0.15) is 0 Å². The number of esters is 1. The van der Waals surface area contributed by atoms with E-state index < -0.39 is 12.1 Å². The van der Waals surface area contributed by atoms with E-state index >= 15 is 0 Å². The Balaban J connectivity index is 3.42. The van der Waals surface area contributed by atoms with Gasteiger partial charge in [-0.05, 0) is 57.8 Å². The molecule has 6 nitrogen and oxygen atoms in total. The number of aliphatic hydroxyl groups excluding tert-OH is 2. The van der Waals surface area contributed by atoms with E-state index in [4.69, 9.17) is 4.74 Å². The van der Waals surface area contributed by atoms with Crippen LogP contribution < -0.4 is 5.32 Å². The zero-order valence-corrected chi connectivity index (χ0v) is 52.9. The van der Waals surface area contributed by atoms with E-state index in [-0.39, 0.29) is 18.5 Å². The maximum absolute atomic E-state index is 12.5. The molecule has 0 radical (unpaired) electrons. The zero-order valence-electron chi connectivity index (χ0n) is 52.9. The molecule has 0 bridgehead atoms. The molecule has 6 heteroatoms. The molecule has 0 fully saturated rings. The van der Waals surface area contributed by atoms with E-state index in [2.05, 4.69) is 31.3 Å². The summed E-state index contributed by atoms with van der Waals surface area (Å²) >= 11 is 0. The van der Waals surface area contributed by atoms with Crippen molar-refractivity contribution in [1.29, 1.82) is 0 Å². The Morgan fingerprint density at radius 1 is 0.346 bits per heavy atom. The second-order valence-corrected chi connectivity index (χ2v) is 24.6. The van der Waals surface area contributed by atoms with Crippen LogP contribution in [0.5, 0.6) is 0 Å². The highest BCUT2D eigenvalue weighted by molar-refractivity contribution is 5.76. The molecule has 0 aromatic heterocycles. The molecule has 0 heterocycles. The normalized spacial score (nSPS) is 12.6. The first-order chi connectivity index (χ1) is 38.5. The molecule has 78 heavy (non-hydrogen) atoms. The molecular weight excluding hydrogens is 959 g/mol. The summed E-state index contributed by atoms with van der Waals surface area (Å²) in [5.41, 5.74) is 0. The summed E-state index contributed by atoms with van der Waals surface area (Å²) in [4.78, 5) is 24.7. The minimum atomic E-state index is -0.849. The van der Waals surface area contributed by atoms with Gasteiger partial charge in [-0.15, -0.1) is 0 Å². The number of nitrogens with one attached hydrogen (secondary N) is 1. The average molecular weight is 1100 g/mol. The highest BCUT2D eigenvalue weighted by atomic mass is 16.5. The van der Waals surface area contributed by atoms with Crippen molar-refractivity contribution < 1.29 is 24.5 Å². The molecule has 0 saturated heterocycles. The van der Waals surface area contributed by atoms with Crippen molar-refractivity contribution in [3.8, 4) is 0 Å². The molecule has 0 saturated carbocycles. The standard InChI is InChI=1S/C72H139NO5/c1-3-5-7-9-11-13-15-17-19-21-23-24-25-26-27-29-32-36-40-44-48-52-56-60-64-70(75)69(68-74)73-71(76)65-61-57-53-49-45-41-37-33-30-31-35-39-43-47-51-55-59-63-67-78-72(77)66-62-58-54-50-46-42-38-34-28-22-20-18-16-14-12-10-8-6-4-2/h18,20,60,64,69-70,74-75H,3-17,19,21-59,61-63,65-68H2,1-2H3,(H,73,76)/b20-18-,64-60+. The third-order valence-electron chi connectivity index (χ3n) is 16.7. The van der Waals surface area contributed by atoms with Crippen LogP contribution >= 0.6 is 0 Å². The van der Waals surface area contributed by atoms with Gasteiger partial charge >= 0.3 is 5.97 Å². The van der Waals surface area contributed by atoms with Crippen LogP contribution in [0.2, 0.25) is 0 Å².